The van der Waals surface area contributed by atoms with Crippen molar-refractivity contribution in [1.82, 2.24) is 15.3 Å². The van der Waals surface area contributed by atoms with E-state index in [4.69, 9.17) is 4.98 Å². The highest BCUT2D eigenvalue weighted by atomic mass is 32.1. The van der Waals surface area contributed by atoms with Crippen LogP contribution in [0.25, 0.3) is 0 Å². The molecule has 0 unspecified atom stereocenters. The average molecular weight is 304 g/mol. The van der Waals surface area contributed by atoms with Crippen molar-refractivity contribution in [2.75, 3.05) is 11.4 Å². The van der Waals surface area contributed by atoms with Gasteiger partial charge in [-0.2, -0.15) is 0 Å². The molecule has 1 N–H and O–H groups in total. The molecule has 0 saturated heterocycles. The summed E-state index contributed by atoms with van der Waals surface area (Å²) in [4.78, 5) is 11.6. The minimum Gasteiger partial charge on any atom is -0.342 e. The highest BCUT2D eigenvalue weighted by molar-refractivity contribution is 7.13. The standard InChI is InChI=1S/C16H24N4S/c1-5-20(10-14-8-6-7-13(4)18-14)16-19-15(11-21-16)9-17-12(2)3/h6-8,11-12,17H,5,9-10H2,1-4H3. The Balaban J connectivity index is 2.03. The second-order valence-corrected chi connectivity index (χ2v) is 6.28. The van der Waals surface area contributed by atoms with Crippen LogP contribution in [0.1, 0.15) is 37.9 Å². The SMILES string of the molecule is CCN(Cc1cccc(C)n1)c1nc(CNC(C)C)cs1. The predicted molar refractivity (Wildman–Crippen MR) is 89.8 cm³/mol. The fourth-order valence-electron chi connectivity index (χ4n) is 2.03. The van der Waals surface area contributed by atoms with E-state index in [0.29, 0.717) is 6.04 Å². The zero-order valence-electron chi connectivity index (χ0n) is 13.3. The molecule has 0 radical (unpaired) electrons. The maximum absolute atomic E-state index is 4.73. The maximum Gasteiger partial charge on any atom is 0.185 e. The van der Waals surface area contributed by atoms with Gasteiger partial charge in [-0.1, -0.05) is 19.9 Å². The Kier molecular flexibility index (Phi) is 5.70. The van der Waals surface area contributed by atoms with Crippen LogP contribution in [0.15, 0.2) is 23.6 Å². The summed E-state index contributed by atoms with van der Waals surface area (Å²) in [5.74, 6) is 0. The molecule has 0 atom stereocenters. The lowest BCUT2D eigenvalue weighted by Crippen LogP contribution is -2.24. The zero-order valence-corrected chi connectivity index (χ0v) is 14.1. The Bertz CT molecular complexity index is 565. The molecule has 4 nitrogen and oxygen atoms in total. The van der Waals surface area contributed by atoms with E-state index in [-0.39, 0.29) is 0 Å². The summed E-state index contributed by atoms with van der Waals surface area (Å²) in [7, 11) is 0. The Morgan fingerprint density at radius 1 is 1.24 bits per heavy atom. The quantitative estimate of drug-likeness (QED) is 0.851. The number of aryl methyl sites for hydroxylation is 1. The van der Waals surface area contributed by atoms with Crippen molar-refractivity contribution in [3.05, 3.63) is 40.7 Å². The van der Waals surface area contributed by atoms with Gasteiger partial charge in [0.25, 0.3) is 0 Å². The average Bonchev–Trinajstić information content (AvgIpc) is 2.91. The summed E-state index contributed by atoms with van der Waals surface area (Å²) < 4.78 is 0. The van der Waals surface area contributed by atoms with E-state index >= 15 is 0 Å². The summed E-state index contributed by atoms with van der Waals surface area (Å²) in [6.07, 6.45) is 0. The van der Waals surface area contributed by atoms with E-state index in [1.807, 2.05) is 13.0 Å². The molecule has 0 aliphatic carbocycles. The number of thiazole rings is 1. The summed E-state index contributed by atoms with van der Waals surface area (Å²) >= 11 is 1.70. The highest BCUT2D eigenvalue weighted by Gasteiger charge is 2.11. The second-order valence-electron chi connectivity index (χ2n) is 5.44. The molecule has 21 heavy (non-hydrogen) atoms. The number of aromatic nitrogens is 2. The van der Waals surface area contributed by atoms with E-state index in [2.05, 4.69) is 53.5 Å². The van der Waals surface area contributed by atoms with Gasteiger partial charge >= 0.3 is 0 Å². The van der Waals surface area contributed by atoms with Crippen LogP contribution in [0.4, 0.5) is 5.13 Å². The molecule has 0 aliphatic heterocycles. The first kappa shape index (κ1) is 15.9. The van der Waals surface area contributed by atoms with Crippen LogP contribution in [-0.2, 0) is 13.1 Å². The first-order valence-electron chi connectivity index (χ1n) is 7.43. The van der Waals surface area contributed by atoms with Crippen LogP contribution in [0.5, 0.6) is 0 Å². The van der Waals surface area contributed by atoms with Gasteiger partial charge < -0.3 is 10.2 Å². The molecule has 2 rings (SSSR count). The number of hydrogen-bond donors (Lipinski definition) is 1. The van der Waals surface area contributed by atoms with E-state index in [1.165, 1.54) is 0 Å². The van der Waals surface area contributed by atoms with Crippen molar-refractivity contribution in [3.63, 3.8) is 0 Å². The number of anilines is 1. The van der Waals surface area contributed by atoms with Gasteiger partial charge in [0, 0.05) is 30.2 Å². The first-order chi connectivity index (χ1) is 10.1. The third-order valence-corrected chi connectivity index (χ3v) is 4.13. The molecular weight excluding hydrogens is 280 g/mol. The Labute approximate surface area is 131 Å². The van der Waals surface area contributed by atoms with Crippen LogP contribution < -0.4 is 10.2 Å². The smallest absolute Gasteiger partial charge is 0.185 e. The second kappa shape index (κ2) is 7.52. The Morgan fingerprint density at radius 3 is 2.71 bits per heavy atom. The van der Waals surface area contributed by atoms with Gasteiger partial charge in [-0.25, -0.2) is 4.98 Å². The normalized spacial score (nSPS) is 11.1. The molecule has 0 aromatic carbocycles. The van der Waals surface area contributed by atoms with Gasteiger partial charge in [0.15, 0.2) is 5.13 Å². The first-order valence-corrected chi connectivity index (χ1v) is 8.31. The fraction of sp³-hybridized carbons (Fsp3) is 0.500. The van der Waals surface area contributed by atoms with E-state index in [0.717, 1.165) is 41.8 Å². The molecule has 0 amide bonds. The lowest BCUT2D eigenvalue weighted by Gasteiger charge is -2.19. The van der Waals surface area contributed by atoms with Crippen molar-refractivity contribution in [2.24, 2.45) is 0 Å². The predicted octanol–water partition coefficient (Wildman–Crippen LogP) is 3.37. The van der Waals surface area contributed by atoms with E-state index < -0.39 is 0 Å². The van der Waals surface area contributed by atoms with Crippen LogP contribution >= 0.6 is 11.3 Å². The van der Waals surface area contributed by atoms with Crippen molar-refractivity contribution >= 4 is 16.5 Å². The van der Waals surface area contributed by atoms with Crippen molar-refractivity contribution in [2.45, 2.75) is 46.8 Å². The topological polar surface area (TPSA) is 41.1 Å². The third-order valence-electron chi connectivity index (χ3n) is 3.18. The van der Waals surface area contributed by atoms with Gasteiger partial charge in [0.2, 0.25) is 0 Å². The molecule has 2 aromatic heterocycles. The number of nitrogens with one attached hydrogen (secondary N) is 1. The molecule has 0 fully saturated rings. The fourth-order valence-corrected chi connectivity index (χ4v) is 2.92. The van der Waals surface area contributed by atoms with Crippen LogP contribution in [0, 0.1) is 6.92 Å². The van der Waals surface area contributed by atoms with E-state index in [1.54, 1.807) is 11.3 Å². The van der Waals surface area contributed by atoms with Crippen molar-refractivity contribution in [1.29, 1.82) is 0 Å². The number of hydrogen-bond acceptors (Lipinski definition) is 5. The lowest BCUT2D eigenvalue weighted by atomic mass is 10.3. The van der Waals surface area contributed by atoms with Gasteiger partial charge in [-0.05, 0) is 26.0 Å². The lowest BCUT2D eigenvalue weighted by molar-refractivity contribution is 0.582. The molecule has 0 aliphatic rings. The molecular formula is C16H24N4S. The minimum absolute atomic E-state index is 0.480. The van der Waals surface area contributed by atoms with E-state index in [9.17, 15) is 0 Å². The van der Waals surface area contributed by atoms with Gasteiger partial charge in [-0.15, -0.1) is 11.3 Å². The number of pyridine rings is 1. The monoisotopic (exact) mass is 304 g/mol. The minimum atomic E-state index is 0.480. The molecule has 2 heterocycles. The van der Waals surface area contributed by atoms with Crippen molar-refractivity contribution in [3.8, 4) is 0 Å². The number of nitrogens with zero attached hydrogens (tertiary/aromatic N) is 3. The van der Waals surface area contributed by atoms with Crippen LogP contribution in [0.2, 0.25) is 0 Å². The Hall–Kier alpha value is -1.46. The van der Waals surface area contributed by atoms with Gasteiger partial charge in [0.1, 0.15) is 0 Å². The Morgan fingerprint density at radius 2 is 2.05 bits per heavy atom. The maximum atomic E-state index is 4.73. The zero-order chi connectivity index (χ0) is 15.2. The third kappa shape index (κ3) is 4.79. The van der Waals surface area contributed by atoms with Gasteiger partial charge in [0.05, 0.1) is 17.9 Å². The van der Waals surface area contributed by atoms with Gasteiger partial charge in [-0.3, -0.25) is 4.98 Å². The summed E-state index contributed by atoms with van der Waals surface area (Å²) in [5.41, 5.74) is 3.26. The summed E-state index contributed by atoms with van der Waals surface area (Å²) in [6.45, 7) is 11.0. The molecule has 0 spiro atoms. The van der Waals surface area contributed by atoms with Crippen LogP contribution in [0.3, 0.4) is 0 Å². The van der Waals surface area contributed by atoms with Crippen molar-refractivity contribution < 1.29 is 0 Å². The molecule has 2 aromatic rings. The molecule has 0 bridgehead atoms. The largest absolute Gasteiger partial charge is 0.342 e. The highest BCUT2D eigenvalue weighted by Crippen LogP contribution is 2.22. The molecule has 5 heteroatoms. The molecule has 114 valence electrons. The van der Waals surface area contributed by atoms with Crippen LogP contribution in [-0.4, -0.2) is 22.6 Å². The summed E-state index contributed by atoms with van der Waals surface area (Å²) in [5, 5.41) is 6.61. The number of rotatable bonds is 7. The molecule has 0 saturated carbocycles. The summed E-state index contributed by atoms with van der Waals surface area (Å²) in [6, 6.07) is 6.64.